The van der Waals surface area contributed by atoms with E-state index in [2.05, 4.69) is 10.4 Å². The van der Waals surface area contributed by atoms with E-state index < -0.39 is 0 Å². The molecule has 0 aliphatic heterocycles. The van der Waals surface area contributed by atoms with Gasteiger partial charge in [0.2, 0.25) is 5.91 Å². The summed E-state index contributed by atoms with van der Waals surface area (Å²) in [6.45, 7) is 1.83. The van der Waals surface area contributed by atoms with Crippen LogP contribution in [-0.2, 0) is 4.79 Å². The largest absolute Gasteiger partial charge is 0.326 e. The van der Waals surface area contributed by atoms with Crippen molar-refractivity contribution in [2.45, 2.75) is 13.3 Å². The van der Waals surface area contributed by atoms with Crippen molar-refractivity contribution in [3.63, 3.8) is 0 Å². The first-order valence-corrected chi connectivity index (χ1v) is 7.75. The zero-order valence-electron chi connectivity index (χ0n) is 12.7. The number of para-hydroxylation sites is 1. The molecule has 1 amide bonds. The molecule has 0 aliphatic rings. The smallest absolute Gasteiger partial charge is 0.224 e. The summed E-state index contributed by atoms with van der Waals surface area (Å²) >= 11 is 5.91. The number of halogens is 1. The van der Waals surface area contributed by atoms with Crippen LogP contribution in [0.3, 0.4) is 0 Å². The molecule has 5 heteroatoms. The summed E-state index contributed by atoms with van der Waals surface area (Å²) in [6, 6.07) is 15.2. The lowest BCUT2D eigenvalue weighted by Gasteiger charge is -2.08. The Kier molecular flexibility index (Phi) is 4.44. The van der Waals surface area contributed by atoms with Crippen LogP contribution in [0.25, 0.3) is 16.8 Å². The Bertz CT molecular complexity index is 824. The monoisotopic (exact) mass is 325 g/mol. The molecule has 23 heavy (non-hydrogen) atoms. The van der Waals surface area contributed by atoms with Crippen LogP contribution in [0.1, 0.15) is 13.3 Å². The van der Waals surface area contributed by atoms with E-state index in [0.717, 1.165) is 22.5 Å². The highest BCUT2D eigenvalue weighted by atomic mass is 35.5. The fourth-order valence-electron chi connectivity index (χ4n) is 2.28. The van der Waals surface area contributed by atoms with Crippen LogP contribution < -0.4 is 5.32 Å². The first-order chi connectivity index (χ1) is 11.2. The minimum atomic E-state index is -0.0115. The number of aromatic nitrogens is 2. The standard InChI is InChI=1S/C18H16ClN3O/c1-2-18(23)21-17-6-4-3-5-16(17)13-11-20-22(12-13)15-9-7-14(19)8-10-15/h3-12H,2H2,1H3,(H,21,23). The maximum Gasteiger partial charge on any atom is 0.224 e. The summed E-state index contributed by atoms with van der Waals surface area (Å²) in [4.78, 5) is 11.7. The van der Waals surface area contributed by atoms with Crippen LogP contribution >= 0.6 is 11.6 Å². The third-order valence-corrected chi connectivity index (χ3v) is 3.76. The minimum Gasteiger partial charge on any atom is -0.326 e. The van der Waals surface area contributed by atoms with Crippen LogP contribution in [0.4, 0.5) is 5.69 Å². The summed E-state index contributed by atoms with van der Waals surface area (Å²) in [6.07, 6.45) is 4.16. The predicted octanol–water partition coefficient (Wildman–Crippen LogP) is 4.54. The molecule has 0 fully saturated rings. The van der Waals surface area contributed by atoms with Gasteiger partial charge in [-0.15, -0.1) is 0 Å². The lowest BCUT2D eigenvalue weighted by atomic mass is 10.1. The first kappa shape index (κ1) is 15.3. The fraction of sp³-hybridized carbons (Fsp3) is 0.111. The van der Waals surface area contributed by atoms with Crippen LogP contribution in [0.15, 0.2) is 60.9 Å². The zero-order chi connectivity index (χ0) is 16.2. The molecule has 1 heterocycles. The number of nitrogens with zero attached hydrogens (tertiary/aromatic N) is 2. The molecule has 0 saturated heterocycles. The molecule has 0 spiro atoms. The number of benzene rings is 2. The van der Waals surface area contributed by atoms with Gasteiger partial charge in [-0.05, 0) is 30.3 Å². The van der Waals surface area contributed by atoms with Gasteiger partial charge in [0.25, 0.3) is 0 Å². The van der Waals surface area contributed by atoms with E-state index in [4.69, 9.17) is 11.6 Å². The Balaban J connectivity index is 1.94. The second kappa shape index (κ2) is 6.67. The summed E-state index contributed by atoms with van der Waals surface area (Å²) in [5.74, 6) is -0.0115. The van der Waals surface area contributed by atoms with Crippen molar-refractivity contribution < 1.29 is 4.79 Å². The van der Waals surface area contributed by atoms with Crippen LogP contribution in [0, 0.1) is 0 Å². The third-order valence-electron chi connectivity index (χ3n) is 3.51. The highest BCUT2D eigenvalue weighted by molar-refractivity contribution is 6.30. The number of amides is 1. The van der Waals surface area contributed by atoms with E-state index in [9.17, 15) is 4.79 Å². The number of anilines is 1. The van der Waals surface area contributed by atoms with Crippen molar-refractivity contribution in [2.24, 2.45) is 0 Å². The number of nitrogens with one attached hydrogen (secondary N) is 1. The molecule has 3 aromatic rings. The summed E-state index contributed by atoms with van der Waals surface area (Å²) < 4.78 is 1.78. The van der Waals surface area contributed by atoms with Gasteiger partial charge >= 0.3 is 0 Å². The molecule has 116 valence electrons. The van der Waals surface area contributed by atoms with Crippen LogP contribution in [0.2, 0.25) is 5.02 Å². The van der Waals surface area contributed by atoms with Gasteiger partial charge < -0.3 is 5.32 Å². The predicted molar refractivity (Wildman–Crippen MR) is 92.9 cm³/mol. The number of hydrogen-bond acceptors (Lipinski definition) is 2. The molecule has 2 aromatic carbocycles. The van der Waals surface area contributed by atoms with Gasteiger partial charge in [0.05, 0.1) is 11.9 Å². The Morgan fingerprint density at radius 1 is 1.17 bits per heavy atom. The van der Waals surface area contributed by atoms with Crippen LogP contribution in [-0.4, -0.2) is 15.7 Å². The zero-order valence-corrected chi connectivity index (χ0v) is 13.4. The highest BCUT2D eigenvalue weighted by Crippen LogP contribution is 2.28. The topological polar surface area (TPSA) is 46.9 Å². The Hall–Kier alpha value is -2.59. The van der Waals surface area contributed by atoms with E-state index in [0.29, 0.717) is 11.4 Å². The van der Waals surface area contributed by atoms with Gasteiger partial charge in [-0.25, -0.2) is 4.68 Å². The van der Waals surface area contributed by atoms with E-state index in [1.807, 2.05) is 61.7 Å². The molecule has 1 aromatic heterocycles. The van der Waals surface area contributed by atoms with Gasteiger partial charge in [-0.1, -0.05) is 36.7 Å². The summed E-state index contributed by atoms with van der Waals surface area (Å²) in [5, 5.41) is 8.00. The minimum absolute atomic E-state index is 0.0115. The highest BCUT2D eigenvalue weighted by Gasteiger charge is 2.09. The van der Waals surface area contributed by atoms with Crippen molar-refractivity contribution in [1.82, 2.24) is 9.78 Å². The molecule has 0 radical (unpaired) electrons. The molecule has 0 aliphatic carbocycles. The van der Waals surface area contributed by atoms with Gasteiger partial charge in [-0.3, -0.25) is 4.79 Å². The normalized spacial score (nSPS) is 10.5. The summed E-state index contributed by atoms with van der Waals surface area (Å²) in [5.41, 5.74) is 3.59. The number of hydrogen-bond donors (Lipinski definition) is 1. The lowest BCUT2D eigenvalue weighted by Crippen LogP contribution is -2.10. The van der Waals surface area contributed by atoms with Crippen molar-refractivity contribution in [2.75, 3.05) is 5.32 Å². The summed E-state index contributed by atoms with van der Waals surface area (Å²) in [7, 11) is 0. The van der Waals surface area contributed by atoms with E-state index >= 15 is 0 Å². The quantitative estimate of drug-likeness (QED) is 0.765. The van der Waals surface area contributed by atoms with Gasteiger partial charge in [0, 0.05) is 34.5 Å². The molecule has 3 rings (SSSR count). The SMILES string of the molecule is CCC(=O)Nc1ccccc1-c1cnn(-c2ccc(Cl)cc2)c1. The molecule has 0 unspecified atom stereocenters. The van der Waals surface area contributed by atoms with Gasteiger partial charge in [-0.2, -0.15) is 5.10 Å². The molecular weight excluding hydrogens is 310 g/mol. The van der Waals surface area contributed by atoms with Crippen molar-refractivity contribution >= 4 is 23.2 Å². The van der Waals surface area contributed by atoms with E-state index in [-0.39, 0.29) is 5.91 Å². The molecule has 0 atom stereocenters. The van der Waals surface area contributed by atoms with Crippen molar-refractivity contribution in [3.05, 3.63) is 65.9 Å². The van der Waals surface area contributed by atoms with Crippen LogP contribution in [0.5, 0.6) is 0 Å². The molecule has 4 nitrogen and oxygen atoms in total. The Labute approximate surface area is 139 Å². The third kappa shape index (κ3) is 3.43. The average molecular weight is 326 g/mol. The van der Waals surface area contributed by atoms with Crippen molar-refractivity contribution in [1.29, 1.82) is 0 Å². The fourth-order valence-corrected chi connectivity index (χ4v) is 2.41. The molecular formula is C18H16ClN3O. The van der Waals surface area contributed by atoms with Crippen molar-refractivity contribution in [3.8, 4) is 16.8 Å². The lowest BCUT2D eigenvalue weighted by molar-refractivity contribution is -0.115. The second-order valence-corrected chi connectivity index (χ2v) is 5.53. The molecule has 1 N–H and O–H groups in total. The van der Waals surface area contributed by atoms with Gasteiger partial charge in [0.15, 0.2) is 0 Å². The van der Waals surface area contributed by atoms with E-state index in [1.165, 1.54) is 0 Å². The maximum atomic E-state index is 11.7. The number of carbonyl (C=O) groups excluding carboxylic acids is 1. The number of rotatable bonds is 4. The average Bonchev–Trinajstić information content (AvgIpc) is 3.05. The van der Waals surface area contributed by atoms with Gasteiger partial charge in [0.1, 0.15) is 0 Å². The van der Waals surface area contributed by atoms with E-state index in [1.54, 1.807) is 10.9 Å². The first-order valence-electron chi connectivity index (χ1n) is 7.37. The molecule has 0 saturated carbocycles. The number of carbonyl (C=O) groups is 1. The maximum absolute atomic E-state index is 11.7. The molecule has 0 bridgehead atoms. The Morgan fingerprint density at radius 2 is 1.91 bits per heavy atom. The Morgan fingerprint density at radius 3 is 2.65 bits per heavy atom. The second-order valence-electron chi connectivity index (χ2n) is 5.10.